The summed E-state index contributed by atoms with van der Waals surface area (Å²) in [5.41, 5.74) is 2.46. The van der Waals surface area contributed by atoms with Gasteiger partial charge in [-0.05, 0) is 23.5 Å². The summed E-state index contributed by atoms with van der Waals surface area (Å²) >= 11 is 0. The summed E-state index contributed by atoms with van der Waals surface area (Å²) in [5, 5.41) is 4.81. The Morgan fingerprint density at radius 1 is 1.30 bits per heavy atom. The van der Waals surface area contributed by atoms with Gasteiger partial charge in [0, 0.05) is 36.5 Å². The summed E-state index contributed by atoms with van der Waals surface area (Å²) in [6.45, 7) is 12.4. The number of nitrogens with zero attached hydrogens (tertiary/aromatic N) is 3. The summed E-state index contributed by atoms with van der Waals surface area (Å²) in [6, 6.07) is -1.15. The average molecular weight is 639 g/mol. The molecule has 0 aromatic rings. The molecule has 1 N–H and O–H groups in total. The van der Waals surface area contributed by atoms with Crippen molar-refractivity contribution in [1.82, 2.24) is 10.2 Å². The molecule has 1 aliphatic heterocycles. The quantitative estimate of drug-likeness (QED) is 0.0659. The predicted octanol–water partition coefficient (Wildman–Crippen LogP) is 5.65. The fourth-order valence-electron chi connectivity index (χ4n) is 4.63. The lowest BCUT2D eigenvalue weighted by molar-refractivity contribution is -0.127. The van der Waals surface area contributed by atoms with Crippen LogP contribution in [0.25, 0.3) is 0 Å². The Balaban J connectivity index is 2.23. The van der Waals surface area contributed by atoms with Gasteiger partial charge in [0.05, 0.1) is 43.0 Å². The van der Waals surface area contributed by atoms with Crippen LogP contribution in [0.2, 0.25) is 0 Å². The minimum Gasteiger partial charge on any atom is -0.486 e. The van der Waals surface area contributed by atoms with E-state index in [-0.39, 0.29) is 30.0 Å². The highest BCUT2D eigenvalue weighted by atomic mass is 31.0. The van der Waals surface area contributed by atoms with E-state index in [0.717, 1.165) is 17.7 Å². The number of ether oxygens (including phenoxy) is 2. The van der Waals surface area contributed by atoms with E-state index < -0.39 is 66.8 Å². The van der Waals surface area contributed by atoms with Gasteiger partial charge in [-0.2, -0.15) is 4.39 Å². The van der Waals surface area contributed by atoms with Crippen LogP contribution in [-0.4, -0.2) is 75.1 Å². The topological polar surface area (TPSA) is 110 Å². The van der Waals surface area contributed by atoms with Gasteiger partial charge in [-0.3, -0.25) is 14.6 Å². The third kappa shape index (κ3) is 10.1. The number of hydrogen-bond acceptors (Lipinski definition) is 7. The molecule has 9 nitrogen and oxygen atoms in total. The number of allylic oxidation sites excluding steroid dienone is 7. The number of nitroso groups, excluding NO2 is 1. The van der Waals surface area contributed by atoms with Gasteiger partial charge < -0.3 is 19.7 Å². The molecular weight excluding hydrogens is 596 g/mol. The lowest BCUT2D eigenvalue weighted by Crippen LogP contribution is -2.45. The maximum Gasteiger partial charge on any atom is 0.288 e. The predicted molar refractivity (Wildman–Crippen MR) is 169 cm³/mol. The molecule has 13 heteroatoms. The van der Waals surface area contributed by atoms with Gasteiger partial charge in [0.2, 0.25) is 5.91 Å². The molecule has 1 fully saturated rings. The number of carbonyl (C=O) groups is 2. The molecule has 0 aromatic carbocycles. The van der Waals surface area contributed by atoms with Crippen molar-refractivity contribution in [2.45, 2.75) is 39.7 Å². The zero-order valence-electron chi connectivity index (χ0n) is 25.7. The molecule has 1 heterocycles. The molecule has 44 heavy (non-hydrogen) atoms. The number of alkyl halides is 1. The Labute approximate surface area is 259 Å². The van der Waals surface area contributed by atoms with Crippen LogP contribution in [0.1, 0.15) is 33.6 Å². The molecule has 2 amide bonds. The van der Waals surface area contributed by atoms with E-state index in [4.69, 9.17) is 9.47 Å². The van der Waals surface area contributed by atoms with Crippen molar-refractivity contribution in [2.75, 3.05) is 46.6 Å². The first kappa shape index (κ1) is 36.8. The molecule has 4 atom stereocenters. The lowest BCUT2D eigenvalue weighted by Gasteiger charge is -2.30. The fourth-order valence-corrected chi connectivity index (χ4v) is 4.84. The first-order valence-electron chi connectivity index (χ1n) is 14.3. The Bertz CT molecular complexity index is 1270. The third-order valence-electron chi connectivity index (χ3n) is 7.26. The molecule has 2 aliphatic rings. The third-order valence-corrected chi connectivity index (χ3v) is 7.68. The number of carbonyl (C=O) groups excluding carboxylic acids is 2. The number of nitrogens with one attached hydrogen (secondary N) is 1. The van der Waals surface area contributed by atoms with Crippen LogP contribution in [0.15, 0.2) is 81.1 Å². The summed E-state index contributed by atoms with van der Waals surface area (Å²) in [5.74, 6) is -6.07. The van der Waals surface area contributed by atoms with Crippen molar-refractivity contribution in [3.63, 3.8) is 0 Å². The van der Waals surface area contributed by atoms with E-state index in [0.29, 0.717) is 18.8 Å². The molecule has 1 aliphatic carbocycles. The Morgan fingerprint density at radius 2 is 2.00 bits per heavy atom. The SMILES string of the molecule is C=C(COC(=C(\P)CF)/C(F)=C(/F)C(C)C)[C@H](CC(=O)N=O)NC(=O)[C@H]1COCCN(C(=C)/C(=N/C)C2=CC=CCC2C)C1. The van der Waals surface area contributed by atoms with Crippen molar-refractivity contribution in [3.8, 4) is 0 Å². The zero-order chi connectivity index (χ0) is 33.0. The van der Waals surface area contributed by atoms with Gasteiger partial charge in [0.1, 0.15) is 19.1 Å². The van der Waals surface area contributed by atoms with E-state index in [1.54, 1.807) is 7.05 Å². The van der Waals surface area contributed by atoms with Crippen molar-refractivity contribution in [3.05, 3.63) is 75.9 Å². The molecule has 2 unspecified atom stereocenters. The molecule has 1 saturated heterocycles. The van der Waals surface area contributed by atoms with Gasteiger partial charge in [-0.25, -0.2) is 8.78 Å². The van der Waals surface area contributed by atoms with Crippen LogP contribution in [0.3, 0.4) is 0 Å². The van der Waals surface area contributed by atoms with E-state index in [2.05, 4.69) is 41.6 Å². The van der Waals surface area contributed by atoms with Crippen molar-refractivity contribution >= 4 is 26.8 Å². The van der Waals surface area contributed by atoms with Crippen molar-refractivity contribution in [1.29, 1.82) is 0 Å². The normalized spacial score (nSPS) is 21.0. The van der Waals surface area contributed by atoms with Crippen LogP contribution in [0.5, 0.6) is 0 Å². The minimum atomic E-state index is -1.37. The molecule has 242 valence electrons. The molecule has 0 bridgehead atoms. The van der Waals surface area contributed by atoms with Crippen molar-refractivity contribution < 1.29 is 32.2 Å². The number of amides is 2. The number of aliphatic imine (C=N–C) groups is 1. The maximum atomic E-state index is 14.8. The standard InChI is InChI=1S/C31H42F3N4O5P/c1-18(2)27(33)28(34)30(25(44)14-32)43-16-20(4)24(13-26(39)37-41)36-31(40)22-15-38(11-12-42-17-22)21(5)29(35-6)23-10-8-7-9-19(23)3/h7-8,10,18-19,22,24H,4-5,9,11-17,44H2,1-3,6H3,(H,36,40)/b28-27-,30-25-,35-29-/t19?,22-,24+/m1/s1. The second kappa shape index (κ2) is 17.8. The first-order valence-corrected chi connectivity index (χ1v) is 14.9. The summed E-state index contributed by atoms with van der Waals surface area (Å²) in [7, 11) is 3.65. The van der Waals surface area contributed by atoms with Gasteiger partial charge >= 0.3 is 0 Å². The lowest BCUT2D eigenvalue weighted by atomic mass is 9.88. The average Bonchev–Trinajstić information content (AvgIpc) is 3.27. The highest BCUT2D eigenvalue weighted by Crippen LogP contribution is 2.30. The number of hydrogen-bond donors (Lipinski definition) is 1. The Hall–Kier alpha value is -3.37. The largest absolute Gasteiger partial charge is 0.486 e. The summed E-state index contributed by atoms with van der Waals surface area (Å²) < 4.78 is 53.6. The van der Waals surface area contributed by atoms with Crippen LogP contribution in [0.4, 0.5) is 13.2 Å². The van der Waals surface area contributed by atoms with Crippen LogP contribution >= 0.6 is 9.24 Å². The van der Waals surface area contributed by atoms with E-state index in [1.165, 1.54) is 13.8 Å². The van der Waals surface area contributed by atoms with Crippen LogP contribution in [-0.2, 0) is 19.1 Å². The second-order valence-electron chi connectivity index (χ2n) is 10.9. The van der Waals surface area contributed by atoms with E-state index >= 15 is 0 Å². The number of rotatable bonds is 14. The molecule has 0 radical (unpaired) electrons. The molecule has 0 spiro atoms. The summed E-state index contributed by atoms with van der Waals surface area (Å²) in [6.07, 6.45) is 6.38. The van der Waals surface area contributed by atoms with Gasteiger partial charge in [-0.1, -0.05) is 52.2 Å². The molecular formula is C31H42F3N4O5P. The van der Waals surface area contributed by atoms with Gasteiger partial charge in [-0.15, -0.1) is 14.1 Å². The first-order chi connectivity index (χ1) is 20.9. The minimum absolute atomic E-state index is 0.0461. The van der Waals surface area contributed by atoms with E-state index in [1.807, 2.05) is 26.3 Å². The Morgan fingerprint density at radius 3 is 2.59 bits per heavy atom. The van der Waals surface area contributed by atoms with Crippen LogP contribution in [0, 0.1) is 22.7 Å². The highest BCUT2D eigenvalue weighted by Gasteiger charge is 2.31. The Kier molecular flexibility index (Phi) is 14.9. The van der Waals surface area contributed by atoms with Gasteiger partial charge in [0.25, 0.3) is 5.91 Å². The monoisotopic (exact) mass is 638 g/mol. The second-order valence-corrected chi connectivity index (χ2v) is 11.6. The molecule has 2 rings (SSSR count). The molecule has 0 aromatic heterocycles. The summed E-state index contributed by atoms with van der Waals surface area (Å²) in [4.78, 5) is 42.8. The number of halogens is 3. The van der Waals surface area contributed by atoms with Crippen molar-refractivity contribution in [2.24, 2.45) is 27.9 Å². The highest BCUT2D eigenvalue weighted by molar-refractivity contribution is 7.22. The van der Waals surface area contributed by atoms with Crippen LogP contribution < -0.4 is 5.32 Å². The smallest absolute Gasteiger partial charge is 0.288 e. The maximum absolute atomic E-state index is 14.8. The zero-order valence-corrected chi connectivity index (χ0v) is 26.9. The molecule has 0 saturated carbocycles. The fraction of sp³-hybridized carbons (Fsp3) is 0.516. The van der Waals surface area contributed by atoms with Gasteiger partial charge in [0.15, 0.2) is 11.6 Å². The van der Waals surface area contributed by atoms with E-state index in [9.17, 15) is 27.7 Å².